The molecule has 1 aliphatic rings. The number of alkyl halides is 3. The third-order valence-corrected chi connectivity index (χ3v) is 4.33. The van der Waals surface area contributed by atoms with Crippen LogP contribution in [0.5, 0.6) is 0 Å². The number of carbonyl (C=O) groups excluding carboxylic acids is 1. The van der Waals surface area contributed by atoms with Gasteiger partial charge in [-0.15, -0.1) is 0 Å². The van der Waals surface area contributed by atoms with Crippen LogP contribution in [0.2, 0.25) is 5.02 Å². The molecule has 1 N–H and O–H groups in total. The van der Waals surface area contributed by atoms with Crippen molar-refractivity contribution in [2.75, 3.05) is 39.4 Å². The molecule has 142 valence electrons. The minimum atomic E-state index is -4.65. The van der Waals surface area contributed by atoms with Crippen molar-refractivity contribution in [1.29, 1.82) is 0 Å². The first-order valence-electron chi connectivity index (χ1n) is 7.99. The second-order valence-corrected chi connectivity index (χ2v) is 6.27. The van der Waals surface area contributed by atoms with Crippen LogP contribution in [0.15, 0.2) is 6.07 Å². The molecular weight excluding hydrogens is 375 g/mol. The summed E-state index contributed by atoms with van der Waals surface area (Å²) in [5.41, 5.74) is -1.38. The summed E-state index contributed by atoms with van der Waals surface area (Å²) >= 11 is 6.07. The third-order valence-electron chi connectivity index (χ3n) is 3.98. The van der Waals surface area contributed by atoms with E-state index in [-0.39, 0.29) is 22.1 Å². The maximum absolute atomic E-state index is 13.2. The number of amides is 1. The van der Waals surface area contributed by atoms with E-state index in [1.165, 1.54) is 6.92 Å². The second kappa shape index (κ2) is 7.37. The average molecular weight is 392 g/mol. The van der Waals surface area contributed by atoms with Crippen LogP contribution < -0.4 is 5.32 Å². The summed E-state index contributed by atoms with van der Waals surface area (Å²) in [6.07, 6.45) is -4.65. The summed E-state index contributed by atoms with van der Waals surface area (Å²) < 4.78 is 45.4. The van der Waals surface area contributed by atoms with Crippen molar-refractivity contribution in [2.45, 2.75) is 13.1 Å². The van der Waals surface area contributed by atoms with Gasteiger partial charge in [-0.2, -0.15) is 18.3 Å². The van der Waals surface area contributed by atoms with Gasteiger partial charge in [-0.1, -0.05) is 11.6 Å². The minimum Gasteiger partial charge on any atom is -0.379 e. The minimum absolute atomic E-state index is 0.130. The van der Waals surface area contributed by atoms with E-state index in [1.807, 2.05) is 0 Å². The zero-order valence-electron chi connectivity index (χ0n) is 13.9. The number of nitrogens with zero attached hydrogens (tertiary/aromatic N) is 4. The van der Waals surface area contributed by atoms with Crippen molar-refractivity contribution < 1.29 is 22.7 Å². The Bertz CT molecular complexity index is 818. The van der Waals surface area contributed by atoms with Crippen LogP contribution in [-0.2, 0) is 10.9 Å². The standard InChI is InChI=1S/C15H17ClF3N5O2/c1-9-8-10(15(17,18)19)24-13(21-9)11(16)12(22-24)14(25)20-2-3-23-4-6-26-7-5-23/h8H,2-7H2,1H3,(H,20,25). The lowest BCUT2D eigenvalue weighted by atomic mass is 10.3. The highest BCUT2D eigenvalue weighted by Gasteiger charge is 2.36. The van der Waals surface area contributed by atoms with Crippen molar-refractivity contribution in [1.82, 2.24) is 24.8 Å². The van der Waals surface area contributed by atoms with E-state index in [9.17, 15) is 18.0 Å². The van der Waals surface area contributed by atoms with Crippen molar-refractivity contribution in [3.8, 4) is 0 Å². The van der Waals surface area contributed by atoms with Crippen LogP contribution >= 0.6 is 11.6 Å². The monoisotopic (exact) mass is 391 g/mol. The summed E-state index contributed by atoms with van der Waals surface area (Å²) in [5.74, 6) is -0.639. The van der Waals surface area contributed by atoms with Crippen LogP contribution in [0, 0.1) is 6.92 Å². The molecule has 1 amide bonds. The normalized spacial score (nSPS) is 16.2. The number of nitrogens with one attached hydrogen (secondary N) is 1. The Morgan fingerprint density at radius 1 is 1.38 bits per heavy atom. The fourth-order valence-electron chi connectivity index (χ4n) is 2.70. The van der Waals surface area contributed by atoms with Crippen molar-refractivity contribution in [2.24, 2.45) is 0 Å². The summed E-state index contributed by atoms with van der Waals surface area (Å²) in [6.45, 7) is 5.15. The molecule has 2 aromatic rings. The first-order chi connectivity index (χ1) is 12.3. The van der Waals surface area contributed by atoms with Crippen LogP contribution in [0.3, 0.4) is 0 Å². The lowest BCUT2D eigenvalue weighted by Gasteiger charge is -2.26. The number of hydrogen-bond donors (Lipinski definition) is 1. The Labute approximate surface area is 152 Å². The molecule has 0 unspecified atom stereocenters. The van der Waals surface area contributed by atoms with Gasteiger partial charge in [0.05, 0.1) is 13.2 Å². The van der Waals surface area contributed by atoms with E-state index < -0.39 is 17.8 Å². The van der Waals surface area contributed by atoms with Crippen molar-refractivity contribution in [3.05, 3.63) is 28.2 Å². The zero-order valence-corrected chi connectivity index (χ0v) is 14.7. The van der Waals surface area contributed by atoms with E-state index in [1.54, 1.807) is 0 Å². The molecule has 2 aromatic heterocycles. The van der Waals surface area contributed by atoms with Crippen molar-refractivity contribution in [3.63, 3.8) is 0 Å². The second-order valence-electron chi connectivity index (χ2n) is 5.89. The van der Waals surface area contributed by atoms with Crippen LogP contribution in [-0.4, -0.2) is 64.8 Å². The van der Waals surface area contributed by atoms with Crippen LogP contribution in [0.1, 0.15) is 21.9 Å². The van der Waals surface area contributed by atoms with Gasteiger partial charge in [0.1, 0.15) is 10.7 Å². The maximum atomic E-state index is 13.2. The van der Waals surface area contributed by atoms with Gasteiger partial charge >= 0.3 is 6.18 Å². The molecule has 0 spiro atoms. The predicted octanol–water partition coefficient (Wildman–Crippen LogP) is 1.77. The van der Waals surface area contributed by atoms with E-state index in [0.29, 0.717) is 30.8 Å². The highest BCUT2D eigenvalue weighted by molar-refractivity contribution is 6.36. The van der Waals surface area contributed by atoms with Gasteiger partial charge in [-0.25, -0.2) is 9.50 Å². The van der Waals surface area contributed by atoms with Gasteiger partial charge in [0.15, 0.2) is 11.3 Å². The molecule has 1 aliphatic heterocycles. The lowest BCUT2D eigenvalue weighted by Crippen LogP contribution is -2.41. The molecule has 0 bridgehead atoms. The number of aromatic nitrogens is 3. The number of carbonyl (C=O) groups is 1. The number of rotatable bonds is 4. The van der Waals surface area contributed by atoms with Crippen LogP contribution in [0.4, 0.5) is 13.2 Å². The number of halogens is 4. The molecule has 1 fully saturated rings. The average Bonchev–Trinajstić information content (AvgIpc) is 2.91. The highest BCUT2D eigenvalue weighted by Crippen LogP contribution is 2.32. The SMILES string of the molecule is Cc1cc(C(F)(F)F)n2nc(C(=O)NCCN3CCOCC3)c(Cl)c2n1. The molecule has 11 heteroatoms. The van der Waals surface area contributed by atoms with E-state index in [4.69, 9.17) is 16.3 Å². The van der Waals surface area contributed by atoms with E-state index >= 15 is 0 Å². The molecule has 7 nitrogen and oxygen atoms in total. The number of fused-ring (bicyclic) bond motifs is 1. The number of ether oxygens (including phenoxy) is 1. The lowest BCUT2D eigenvalue weighted by molar-refractivity contribution is -0.142. The molecule has 26 heavy (non-hydrogen) atoms. The Morgan fingerprint density at radius 3 is 2.73 bits per heavy atom. The van der Waals surface area contributed by atoms with Gasteiger partial charge in [0.2, 0.25) is 0 Å². The summed E-state index contributed by atoms with van der Waals surface area (Å²) in [5, 5.41) is 6.17. The number of aryl methyl sites for hydroxylation is 1. The summed E-state index contributed by atoms with van der Waals surface area (Å²) in [7, 11) is 0. The Morgan fingerprint density at radius 2 is 2.08 bits per heavy atom. The largest absolute Gasteiger partial charge is 0.433 e. The summed E-state index contributed by atoms with van der Waals surface area (Å²) in [4.78, 5) is 18.4. The fraction of sp³-hybridized carbons (Fsp3) is 0.533. The van der Waals surface area contributed by atoms with E-state index in [2.05, 4.69) is 20.3 Å². The first kappa shape index (κ1) is 18.9. The molecule has 1 saturated heterocycles. The summed E-state index contributed by atoms with van der Waals surface area (Å²) in [6, 6.07) is 0.858. The third kappa shape index (κ3) is 3.92. The molecule has 3 heterocycles. The van der Waals surface area contributed by atoms with Gasteiger partial charge in [0.25, 0.3) is 5.91 Å². The molecule has 0 saturated carbocycles. The topological polar surface area (TPSA) is 71.8 Å². The Balaban J connectivity index is 1.79. The first-order valence-corrected chi connectivity index (χ1v) is 8.36. The molecule has 0 atom stereocenters. The number of morpholine rings is 1. The molecule has 0 aromatic carbocycles. The maximum Gasteiger partial charge on any atom is 0.433 e. The smallest absolute Gasteiger partial charge is 0.379 e. The predicted molar refractivity (Wildman–Crippen MR) is 87.3 cm³/mol. The van der Waals surface area contributed by atoms with Gasteiger partial charge < -0.3 is 10.1 Å². The van der Waals surface area contributed by atoms with Gasteiger partial charge in [0, 0.05) is 31.9 Å². The molecule has 3 rings (SSSR count). The van der Waals surface area contributed by atoms with E-state index in [0.717, 1.165) is 19.2 Å². The van der Waals surface area contributed by atoms with Gasteiger partial charge in [-0.3, -0.25) is 9.69 Å². The molecule has 0 radical (unpaired) electrons. The zero-order chi connectivity index (χ0) is 18.9. The van der Waals surface area contributed by atoms with Crippen molar-refractivity contribution >= 4 is 23.2 Å². The number of hydrogen-bond acceptors (Lipinski definition) is 5. The van der Waals surface area contributed by atoms with Crippen LogP contribution in [0.25, 0.3) is 5.65 Å². The Kier molecular flexibility index (Phi) is 5.35. The quantitative estimate of drug-likeness (QED) is 0.860. The highest BCUT2D eigenvalue weighted by atomic mass is 35.5. The fourth-order valence-corrected chi connectivity index (χ4v) is 2.94. The molecular formula is C15H17ClF3N5O2. The van der Waals surface area contributed by atoms with Gasteiger partial charge in [-0.05, 0) is 13.0 Å². The molecule has 0 aliphatic carbocycles. The Hall–Kier alpha value is -1.91.